The van der Waals surface area contributed by atoms with E-state index in [1.807, 2.05) is 0 Å². The van der Waals surface area contributed by atoms with Gasteiger partial charge in [0.25, 0.3) is 0 Å². The Hall–Kier alpha value is -0.0400. The van der Waals surface area contributed by atoms with Crippen LogP contribution in [-0.4, -0.2) is 24.5 Å². The van der Waals surface area contributed by atoms with Crippen LogP contribution in [0.5, 0.6) is 0 Å². The molecule has 0 aromatic rings. The van der Waals surface area contributed by atoms with Crippen molar-refractivity contribution in [1.82, 2.24) is 4.90 Å². The van der Waals surface area contributed by atoms with Crippen LogP contribution in [0.1, 0.15) is 90.9 Å². The summed E-state index contributed by atoms with van der Waals surface area (Å²) in [4.78, 5) is 2.72. The van der Waals surface area contributed by atoms with Crippen LogP contribution in [0.3, 0.4) is 0 Å². The monoisotopic (exact) mass is 267 g/mol. The van der Waals surface area contributed by atoms with Crippen LogP contribution in [-0.2, 0) is 0 Å². The third-order valence-corrected chi connectivity index (χ3v) is 4.66. The highest BCUT2D eigenvalue weighted by Crippen LogP contribution is 2.22. The van der Waals surface area contributed by atoms with Gasteiger partial charge in [0.15, 0.2) is 0 Å². The van der Waals surface area contributed by atoms with Crippen molar-refractivity contribution < 1.29 is 0 Å². The topological polar surface area (TPSA) is 3.24 Å². The van der Waals surface area contributed by atoms with Crippen LogP contribution in [0.2, 0.25) is 0 Å². The molecule has 0 aliphatic carbocycles. The molecule has 0 aromatic heterocycles. The van der Waals surface area contributed by atoms with E-state index in [-0.39, 0.29) is 0 Å². The van der Waals surface area contributed by atoms with Gasteiger partial charge in [0.2, 0.25) is 0 Å². The van der Waals surface area contributed by atoms with Crippen LogP contribution < -0.4 is 0 Å². The molecule has 1 atom stereocenters. The maximum Gasteiger partial charge on any atom is 0.00101 e. The molecule has 1 aliphatic heterocycles. The zero-order chi connectivity index (χ0) is 13.8. The SMILES string of the molecule is CCCCCCCCCCN1CCC(CCCC)C1. The van der Waals surface area contributed by atoms with Crippen LogP contribution in [0.25, 0.3) is 0 Å². The molecule has 1 aliphatic rings. The van der Waals surface area contributed by atoms with Gasteiger partial charge in [-0.3, -0.25) is 0 Å². The second-order valence-electron chi connectivity index (χ2n) is 6.57. The molecule has 1 heterocycles. The standard InChI is InChI=1S/C18H37N/c1-3-5-7-8-9-10-11-12-15-19-16-14-18(17-19)13-6-4-2/h18H,3-17H2,1-2H3. The smallest absolute Gasteiger partial charge is 0.00101 e. The van der Waals surface area contributed by atoms with Gasteiger partial charge in [0.05, 0.1) is 0 Å². The average molecular weight is 268 g/mol. The molecule has 0 saturated carbocycles. The zero-order valence-electron chi connectivity index (χ0n) is 13.6. The number of likely N-dealkylation sites (tertiary alicyclic amines) is 1. The lowest BCUT2D eigenvalue weighted by atomic mass is 10.0. The summed E-state index contributed by atoms with van der Waals surface area (Å²) in [5.41, 5.74) is 0. The summed E-state index contributed by atoms with van der Waals surface area (Å²) in [6.07, 6.45) is 17.3. The van der Waals surface area contributed by atoms with E-state index in [2.05, 4.69) is 18.7 Å². The van der Waals surface area contributed by atoms with Gasteiger partial charge in [-0.05, 0) is 38.3 Å². The molecule has 1 nitrogen and oxygen atoms in total. The molecule has 0 spiro atoms. The number of nitrogens with zero attached hydrogens (tertiary/aromatic N) is 1. The predicted octanol–water partition coefficient (Wildman–Crippen LogP) is 5.64. The van der Waals surface area contributed by atoms with Gasteiger partial charge < -0.3 is 4.90 Å². The highest BCUT2D eigenvalue weighted by Gasteiger charge is 2.20. The summed E-state index contributed by atoms with van der Waals surface area (Å²) < 4.78 is 0. The Labute approximate surface area is 122 Å². The van der Waals surface area contributed by atoms with Crippen molar-refractivity contribution in [2.75, 3.05) is 19.6 Å². The summed E-state index contributed by atoms with van der Waals surface area (Å²) in [7, 11) is 0. The van der Waals surface area contributed by atoms with E-state index in [0.29, 0.717) is 0 Å². The van der Waals surface area contributed by atoms with Crippen LogP contribution in [0.4, 0.5) is 0 Å². The third-order valence-electron chi connectivity index (χ3n) is 4.66. The molecule has 1 rings (SSSR count). The van der Waals surface area contributed by atoms with E-state index < -0.39 is 0 Å². The highest BCUT2D eigenvalue weighted by molar-refractivity contribution is 4.75. The Morgan fingerprint density at radius 2 is 1.42 bits per heavy atom. The quantitative estimate of drug-likeness (QED) is 0.414. The van der Waals surface area contributed by atoms with E-state index in [4.69, 9.17) is 0 Å². The lowest BCUT2D eigenvalue weighted by Crippen LogP contribution is -2.21. The third kappa shape index (κ3) is 8.68. The molecule has 19 heavy (non-hydrogen) atoms. The molecule has 1 fully saturated rings. The minimum Gasteiger partial charge on any atom is -0.303 e. The van der Waals surface area contributed by atoms with E-state index in [9.17, 15) is 0 Å². The normalized spacial score (nSPS) is 20.2. The second-order valence-corrected chi connectivity index (χ2v) is 6.57. The number of rotatable bonds is 12. The molecule has 1 saturated heterocycles. The molecule has 1 heteroatoms. The van der Waals surface area contributed by atoms with E-state index in [1.54, 1.807) is 0 Å². The molecule has 0 aromatic carbocycles. The highest BCUT2D eigenvalue weighted by atomic mass is 15.1. The van der Waals surface area contributed by atoms with E-state index in [0.717, 1.165) is 5.92 Å². The van der Waals surface area contributed by atoms with Crippen molar-refractivity contribution in [3.05, 3.63) is 0 Å². The Kier molecular flexibility index (Phi) is 10.5. The average Bonchev–Trinajstić information content (AvgIpc) is 2.87. The maximum atomic E-state index is 2.72. The molecule has 0 bridgehead atoms. The van der Waals surface area contributed by atoms with Gasteiger partial charge in [-0.15, -0.1) is 0 Å². The van der Waals surface area contributed by atoms with Crippen molar-refractivity contribution in [3.8, 4) is 0 Å². The number of hydrogen-bond donors (Lipinski definition) is 0. The molecular formula is C18H37N. The van der Waals surface area contributed by atoms with Gasteiger partial charge in [-0.1, -0.05) is 71.6 Å². The van der Waals surface area contributed by atoms with E-state index >= 15 is 0 Å². The minimum atomic E-state index is 1.02. The van der Waals surface area contributed by atoms with E-state index in [1.165, 1.54) is 96.7 Å². The van der Waals surface area contributed by atoms with Crippen molar-refractivity contribution in [2.24, 2.45) is 5.92 Å². The fraction of sp³-hybridized carbons (Fsp3) is 1.00. The molecule has 0 amide bonds. The Morgan fingerprint density at radius 1 is 0.789 bits per heavy atom. The largest absolute Gasteiger partial charge is 0.303 e. The van der Waals surface area contributed by atoms with Gasteiger partial charge in [-0.25, -0.2) is 0 Å². The van der Waals surface area contributed by atoms with Crippen molar-refractivity contribution in [3.63, 3.8) is 0 Å². The van der Waals surface area contributed by atoms with Crippen molar-refractivity contribution in [2.45, 2.75) is 90.9 Å². The summed E-state index contributed by atoms with van der Waals surface area (Å²) in [5.74, 6) is 1.02. The predicted molar refractivity (Wildman–Crippen MR) is 86.7 cm³/mol. The molecule has 114 valence electrons. The summed E-state index contributed by atoms with van der Waals surface area (Å²) >= 11 is 0. The summed E-state index contributed by atoms with van der Waals surface area (Å²) in [6.45, 7) is 8.76. The van der Waals surface area contributed by atoms with Crippen LogP contribution in [0, 0.1) is 5.92 Å². The minimum absolute atomic E-state index is 1.02. The Bertz CT molecular complexity index is 190. The molecule has 0 radical (unpaired) electrons. The Morgan fingerprint density at radius 3 is 2.11 bits per heavy atom. The van der Waals surface area contributed by atoms with Crippen LogP contribution in [0.15, 0.2) is 0 Å². The van der Waals surface area contributed by atoms with Crippen molar-refractivity contribution in [1.29, 1.82) is 0 Å². The first-order valence-corrected chi connectivity index (χ1v) is 9.09. The first-order valence-electron chi connectivity index (χ1n) is 9.09. The van der Waals surface area contributed by atoms with Gasteiger partial charge >= 0.3 is 0 Å². The Balaban J connectivity index is 1.85. The summed E-state index contributed by atoms with van der Waals surface area (Å²) in [5, 5.41) is 0. The fourth-order valence-electron chi connectivity index (χ4n) is 3.31. The van der Waals surface area contributed by atoms with Gasteiger partial charge in [0, 0.05) is 6.54 Å². The maximum absolute atomic E-state index is 2.72. The molecule has 1 unspecified atom stereocenters. The first-order chi connectivity index (χ1) is 9.36. The number of hydrogen-bond acceptors (Lipinski definition) is 1. The zero-order valence-corrected chi connectivity index (χ0v) is 13.6. The first kappa shape index (κ1) is 17.0. The fourth-order valence-corrected chi connectivity index (χ4v) is 3.31. The lowest BCUT2D eigenvalue weighted by Gasteiger charge is -2.15. The molecular weight excluding hydrogens is 230 g/mol. The summed E-state index contributed by atoms with van der Waals surface area (Å²) in [6, 6.07) is 0. The van der Waals surface area contributed by atoms with Gasteiger partial charge in [-0.2, -0.15) is 0 Å². The van der Waals surface area contributed by atoms with Crippen LogP contribution >= 0.6 is 0 Å². The van der Waals surface area contributed by atoms with Crippen molar-refractivity contribution >= 4 is 0 Å². The number of unbranched alkanes of at least 4 members (excludes halogenated alkanes) is 8. The molecule has 0 N–H and O–H groups in total. The lowest BCUT2D eigenvalue weighted by molar-refractivity contribution is 0.310. The van der Waals surface area contributed by atoms with Gasteiger partial charge in [0.1, 0.15) is 0 Å². The second kappa shape index (κ2) is 11.8.